The van der Waals surface area contributed by atoms with Gasteiger partial charge in [0.05, 0.1) is 16.5 Å². The Labute approximate surface area is 207 Å². The van der Waals surface area contributed by atoms with Crippen molar-refractivity contribution in [1.82, 2.24) is 19.2 Å². The minimum atomic E-state index is -0.201. The zero-order chi connectivity index (χ0) is 23.8. The second-order valence-corrected chi connectivity index (χ2v) is 10.2. The quantitative estimate of drug-likeness (QED) is 0.409. The van der Waals surface area contributed by atoms with Crippen molar-refractivity contribution in [1.29, 1.82) is 0 Å². The first-order valence-electron chi connectivity index (χ1n) is 11.2. The van der Waals surface area contributed by atoms with Gasteiger partial charge in [0.25, 0.3) is 11.5 Å². The lowest BCUT2D eigenvalue weighted by atomic mass is 10.1. The molecule has 174 valence electrons. The Balaban J connectivity index is 1.57. The minimum absolute atomic E-state index is 0.187. The van der Waals surface area contributed by atoms with E-state index in [1.54, 1.807) is 23.2 Å². The Morgan fingerprint density at radius 3 is 2.47 bits per heavy atom. The fraction of sp³-hybridized carbons (Fsp3) is 0.280. The van der Waals surface area contributed by atoms with E-state index in [2.05, 4.69) is 16.8 Å². The van der Waals surface area contributed by atoms with E-state index in [0.29, 0.717) is 26.3 Å². The van der Waals surface area contributed by atoms with Crippen molar-refractivity contribution in [2.75, 3.05) is 38.1 Å². The van der Waals surface area contributed by atoms with Crippen LogP contribution in [0.2, 0.25) is 0 Å². The molecule has 2 aliphatic rings. The summed E-state index contributed by atoms with van der Waals surface area (Å²) in [5.41, 5.74) is 1.82. The summed E-state index contributed by atoms with van der Waals surface area (Å²) in [5, 5.41) is 0. The normalized spacial score (nSPS) is 19.4. The number of likely N-dealkylation sites (N-methyl/N-ethyl adjacent to an activating group) is 1. The maximum atomic E-state index is 13.5. The Morgan fingerprint density at radius 2 is 1.74 bits per heavy atom. The van der Waals surface area contributed by atoms with Crippen LogP contribution in [0, 0.1) is 0 Å². The molecule has 0 unspecified atom stereocenters. The first kappa shape index (κ1) is 22.8. The molecule has 3 aromatic rings. The van der Waals surface area contributed by atoms with Gasteiger partial charge >= 0.3 is 0 Å². The summed E-state index contributed by atoms with van der Waals surface area (Å²) >= 11 is 6.82. The lowest BCUT2D eigenvalue weighted by molar-refractivity contribution is -0.123. The number of fused-ring (bicyclic) bond motifs is 1. The molecule has 2 fully saturated rings. The van der Waals surface area contributed by atoms with E-state index in [0.717, 1.165) is 31.7 Å². The number of carbonyl (C=O) groups excluding carboxylic acids is 1. The molecule has 5 rings (SSSR count). The molecule has 1 aromatic carbocycles. The Hall–Kier alpha value is -3.01. The first-order chi connectivity index (χ1) is 16.4. The van der Waals surface area contributed by atoms with Crippen molar-refractivity contribution in [3.63, 3.8) is 0 Å². The van der Waals surface area contributed by atoms with Gasteiger partial charge in [-0.2, -0.15) is 0 Å². The van der Waals surface area contributed by atoms with E-state index in [1.165, 1.54) is 16.2 Å². The molecule has 2 aliphatic heterocycles. The molecule has 7 nitrogen and oxygen atoms in total. The van der Waals surface area contributed by atoms with Gasteiger partial charge in [-0.1, -0.05) is 60.4 Å². The van der Waals surface area contributed by atoms with Gasteiger partial charge < -0.3 is 9.80 Å². The number of thiocarbonyl (C=S) groups is 1. The number of hydrogen-bond acceptors (Lipinski definition) is 7. The van der Waals surface area contributed by atoms with E-state index in [9.17, 15) is 9.59 Å². The third kappa shape index (κ3) is 4.15. The Kier molecular flexibility index (Phi) is 6.24. The lowest BCUT2D eigenvalue weighted by Gasteiger charge is -2.34. The molecule has 0 bridgehead atoms. The van der Waals surface area contributed by atoms with Crippen LogP contribution in [0.1, 0.15) is 24.1 Å². The maximum absolute atomic E-state index is 13.5. The number of amides is 1. The predicted molar refractivity (Wildman–Crippen MR) is 141 cm³/mol. The second kappa shape index (κ2) is 9.32. The number of thioether (sulfide) groups is 1. The Morgan fingerprint density at radius 1 is 1.03 bits per heavy atom. The monoisotopic (exact) mass is 491 g/mol. The van der Waals surface area contributed by atoms with Gasteiger partial charge in [-0.05, 0) is 37.7 Å². The molecule has 9 heteroatoms. The molecule has 4 heterocycles. The van der Waals surface area contributed by atoms with Crippen LogP contribution in [0.4, 0.5) is 5.82 Å². The zero-order valence-electron chi connectivity index (χ0n) is 19.0. The van der Waals surface area contributed by atoms with Crippen LogP contribution in [0.15, 0.2) is 64.4 Å². The smallest absolute Gasteiger partial charge is 0.267 e. The average Bonchev–Trinajstić information content (AvgIpc) is 3.14. The average molecular weight is 492 g/mol. The van der Waals surface area contributed by atoms with Gasteiger partial charge in [0.1, 0.15) is 15.8 Å². The summed E-state index contributed by atoms with van der Waals surface area (Å²) in [7, 11) is 2.08. The maximum Gasteiger partial charge on any atom is 0.267 e. The van der Waals surface area contributed by atoms with Gasteiger partial charge in [-0.15, -0.1) is 0 Å². The number of pyridine rings is 1. The van der Waals surface area contributed by atoms with Gasteiger partial charge in [-0.25, -0.2) is 4.98 Å². The van der Waals surface area contributed by atoms with Crippen LogP contribution >= 0.6 is 24.0 Å². The molecule has 0 radical (unpaired) electrons. The van der Waals surface area contributed by atoms with Crippen molar-refractivity contribution >= 4 is 51.7 Å². The highest BCUT2D eigenvalue weighted by Gasteiger charge is 2.36. The highest BCUT2D eigenvalue weighted by molar-refractivity contribution is 8.26. The van der Waals surface area contributed by atoms with Crippen molar-refractivity contribution in [2.24, 2.45) is 0 Å². The summed E-state index contributed by atoms with van der Waals surface area (Å²) in [6, 6.07) is 15.1. The van der Waals surface area contributed by atoms with E-state index >= 15 is 0 Å². The molecule has 0 spiro atoms. The summed E-state index contributed by atoms with van der Waals surface area (Å²) < 4.78 is 2.02. The van der Waals surface area contributed by atoms with Crippen molar-refractivity contribution in [3.8, 4) is 0 Å². The molecule has 0 N–H and O–H groups in total. The molecule has 2 saturated heterocycles. The number of rotatable bonds is 4. The highest BCUT2D eigenvalue weighted by Crippen LogP contribution is 2.38. The van der Waals surface area contributed by atoms with E-state index in [-0.39, 0.29) is 17.5 Å². The summed E-state index contributed by atoms with van der Waals surface area (Å²) in [6.07, 6.45) is 3.39. The number of piperazine rings is 1. The SMILES string of the molecule is C[C@H](c1ccccc1)N1C(=O)/C(=C/c2c(N3CCN(C)CC3)nc3ccccn3c2=O)SC1=S. The summed E-state index contributed by atoms with van der Waals surface area (Å²) in [4.78, 5) is 38.3. The van der Waals surface area contributed by atoms with Crippen molar-refractivity contribution < 1.29 is 4.79 Å². The van der Waals surface area contributed by atoms with Crippen molar-refractivity contribution in [3.05, 3.63) is 81.1 Å². The molecule has 34 heavy (non-hydrogen) atoms. The van der Waals surface area contributed by atoms with Gasteiger partial charge in [0.15, 0.2) is 0 Å². The zero-order valence-corrected chi connectivity index (χ0v) is 20.7. The molecular weight excluding hydrogens is 466 g/mol. The van der Waals surface area contributed by atoms with Crippen LogP contribution in [0.5, 0.6) is 0 Å². The third-order valence-corrected chi connectivity index (χ3v) is 7.65. The minimum Gasteiger partial charge on any atom is -0.353 e. The van der Waals surface area contributed by atoms with Gasteiger partial charge in [0, 0.05) is 32.4 Å². The first-order valence-corrected chi connectivity index (χ1v) is 12.4. The number of aromatic nitrogens is 2. The molecule has 1 amide bonds. The topological polar surface area (TPSA) is 61.2 Å². The van der Waals surface area contributed by atoms with Crippen LogP contribution < -0.4 is 10.5 Å². The van der Waals surface area contributed by atoms with E-state index in [1.807, 2.05) is 49.4 Å². The largest absolute Gasteiger partial charge is 0.353 e. The van der Waals surface area contributed by atoms with Crippen molar-refractivity contribution in [2.45, 2.75) is 13.0 Å². The number of carbonyl (C=O) groups is 1. The second-order valence-electron chi connectivity index (χ2n) is 8.51. The summed E-state index contributed by atoms with van der Waals surface area (Å²) in [5.74, 6) is 0.430. The third-order valence-electron chi connectivity index (χ3n) is 6.32. The molecule has 0 aliphatic carbocycles. The van der Waals surface area contributed by atoms with E-state index in [4.69, 9.17) is 17.2 Å². The van der Waals surface area contributed by atoms with Crippen LogP contribution in [-0.2, 0) is 4.79 Å². The number of hydrogen-bond donors (Lipinski definition) is 0. The molecule has 2 aromatic heterocycles. The molecule has 0 saturated carbocycles. The highest BCUT2D eigenvalue weighted by atomic mass is 32.2. The molecule has 1 atom stereocenters. The Bertz CT molecular complexity index is 1350. The van der Waals surface area contributed by atoms with Crippen LogP contribution in [0.3, 0.4) is 0 Å². The number of nitrogens with zero attached hydrogens (tertiary/aromatic N) is 5. The van der Waals surface area contributed by atoms with E-state index < -0.39 is 0 Å². The number of anilines is 1. The predicted octanol–water partition coefficient (Wildman–Crippen LogP) is 3.41. The lowest BCUT2D eigenvalue weighted by Crippen LogP contribution is -2.45. The number of benzene rings is 1. The van der Waals surface area contributed by atoms with Crippen LogP contribution in [-0.4, -0.2) is 62.6 Å². The van der Waals surface area contributed by atoms with Crippen LogP contribution in [0.25, 0.3) is 11.7 Å². The van der Waals surface area contributed by atoms with Gasteiger partial charge in [0.2, 0.25) is 0 Å². The van der Waals surface area contributed by atoms with Gasteiger partial charge in [-0.3, -0.25) is 18.9 Å². The standard InChI is InChI=1S/C25H25N5O2S2/c1-17(18-8-4-3-5-9-18)30-24(32)20(34-25(30)33)16-19-22(28-14-12-27(2)13-15-28)26-21-10-6-7-11-29(21)23(19)31/h3-11,16-17H,12-15H2,1-2H3/b20-16-/t17-/m1/s1. The molecular formula is C25H25N5O2S2. The summed E-state index contributed by atoms with van der Waals surface area (Å²) in [6.45, 7) is 5.25. The fourth-order valence-electron chi connectivity index (χ4n) is 4.30. The fourth-order valence-corrected chi connectivity index (χ4v) is 5.70.